The molecule has 26 heavy (non-hydrogen) atoms. The van der Waals surface area contributed by atoms with Crippen molar-refractivity contribution in [1.82, 2.24) is 0 Å². The van der Waals surface area contributed by atoms with Gasteiger partial charge in [0, 0.05) is 46.0 Å². The van der Waals surface area contributed by atoms with Crippen LogP contribution in [0.15, 0.2) is 12.7 Å². The summed E-state index contributed by atoms with van der Waals surface area (Å²) in [5.41, 5.74) is 0. The molecule has 0 bridgehead atoms. The minimum atomic E-state index is -1.44. The van der Waals surface area contributed by atoms with Gasteiger partial charge < -0.3 is 30.3 Å². The predicted molar refractivity (Wildman–Crippen MR) is 103 cm³/mol. The second kappa shape index (κ2) is 56.3. The molecule has 4 N–H and O–H groups in total. The van der Waals surface area contributed by atoms with Crippen LogP contribution in [0, 0.1) is 0 Å². The first-order chi connectivity index (χ1) is 11.9. The van der Waals surface area contributed by atoms with Gasteiger partial charge in [-0.2, -0.15) is 0 Å². The van der Waals surface area contributed by atoms with Gasteiger partial charge in [0.1, 0.15) is 0 Å². The van der Waals surface area contributed by atoms with Crippen molar-refractivity contribution >= 4 is 5.97 Å². The van der Waals surface area contributed by atoms with Crippen LogP contribution in [-0.4, -0.2) is 52.8 Å². The predicted octanol–water partition coefficient (Wildman–Crippen LogP) is 2.03. The third-order valence-electron chi connectivity index (χ3n) is 2.06. The maximum absolute atomic E-state index is 9.01. The van der Waals surface area contributed by atoms with Crippen LogP contribution >= 0.6 is 0 Å². The van der Waals surface area contributed by atoms with Crippen LogP contribution in [0.25, 0.3) is 0 Å². The van der Waals surface area contributed by atoms with Gasteiger partial charge in [-0.3, -0.25) is 0 Å². The van der Waals surface area contributed by atoms with Crippen LogP contribution in [0.4, 0.5) is 0 Å². The molecule has 0 fully saturated rings. The Bertz CT molecular complexity index is 189. The number of carbonyl (C=O) groups excluding carboxylic acids is 1. The van der Waals surface area contributed by atoms with Crippen LogP contribution in [-0.2, 0) is 31.0 Å². The molecule has 0 heterocycles. The summed E-state index contributed by atoms with van der Waals surface area (Å²) < 4.78 is 0. The Morgan fingerprint density at radius 2 is 1.12 bits per heavy atom. The molecule has 0 radical (unpaired) electrons. The van der Waals surface area contributed by atoms with E-state index < -0.39 is 12.6 Å². The van der Waals surface area contributed by atoms with Crippen molar-refractivity contribution < 1.29 is 56.5 Å². The number of carboxylic acid groups (broad SMARTS) is 1. The monoisotopic (exact) mass is 457 g/mol. The fraction of sp³-hybridized carbons (Fsp3) is 0.842. The first kappa shape index (κ1) is 40.6. The van der Waals surface area contributed by atoms with E-state index in [-0.39, 0.29) is 26.2 Å². The molecule has 160 valence electrons. The Labute approximate surface area is 180 Å². The molecule has 0 atom stereocenters. The number of hydrogen-bond donors (Lipinski definition) is 4. The van der Waals surface area contributed by atoms with Crippen molar-refractivity contribution in [2.75, 3.05) is 26.4 Å². The molecule has 0 aromatic heterocycles. The summed E-state index contributed by atoms with van der Waals surface area (Å²) in [6.45, 7) is 11.7. The average molecular weight is 459 g/mol. The number of carbonyl (C=O) groups is 1. The molecule has 0 saturated carbocycles. The SMILES string of the molecule is C=CCCCCCC.CCCO.CCCO.CCCO.O=C([O-])CO.[Zr]. The summed E-state index contributed by atoms with van der Waals surface area (Å²) in [6.07, 6.45) is 11.2. The van der Waals surface area contributed by atoms with E-state index >= 15 is 0 Å². The van der Waals surface area contributed by atoms with Crippen LogP contribution < -0.4 is 5.11 Å². The van der Waals surface area contributed by atoms with Crippen molar-refractivity contribution in [2.45, 2.75) is 79.1 Å². The third-order valence-corrected chi connectivity index (χ3v) is 2.06. The zero-order valence-electron chi connectivity index (χ0n) is 17.4. The Kier molecular flexibility index (Phi) is 87.8. The summed E-state index contributed by atoms with van der Waals surface area (Å²) in [5, 5.41) is 40.1. The van der Waals surface area contributed by atoms with E-state index in [1.807, 2.05) is 26.8 Å². The molecule has 0 unspecified atom stereocenters. The van der Waals surface area contributed by atoms with E-state index in [4.69, 9.17) is 30.3 Å². The zero-order valence-corrected chi connectivity index (χ0v) is 19.8. The van der Waals surface area contributed by atoms with Crippen molar-refractivity contribution in [2.24, 2.45) is 0 Å². The maximum atomic E-state index is 9.01. The quantitative estimate of drug-likeness (QED) is 0.310. The van der Waals surface area contributed by atoms with Crippen molar-refractivity contribution in [3.63, 3.8) is 0 Å². The average Bonchev–Trinajstić information content (AvgIpc) is 2.66. The molecule has 0 amide bonds. The van der Waals surface area contributed by atoms with Crippen LogP contribution in [0.3, 0.4) is 0 Å². The van der Waals surface area contributed by atoms with Crippen LogP contribution in [0.2, 0.25) is 0 Å². The van der Waals surface area contributed by atoms with E-state index in [0.717, 1.165) is 19.3 Å². The van der Waals surface area contributed by atoms with Crippen molar-refractivity contribution in [3.05, 3.63) is 12.7 Å². The topological polar surface area (TPSA) is 121 Å². The Balaban J connectivity index is -0.0000000494. The van der Waals surface area contributed by atoms with E-state index in [1.165, 1.54) is 32.1 Å². The van der Waals surface area contributed by atoms with Gasteiger partial charge in [0.25, 0.3) is 0 Å². The molecule has 6 nitrogen and oxygen atoms in total. The Morgan fingerprint density at radius 1 is 0.808 bits per heavy atom. The molecule has 0 saturated heterocycles. The second-order valence-corrected chi connectivity index (χ2v) is 4.84. The third kappa shape index (κ3) is 128. The van der Waals surface area contributed by atoms with Gasteiger partial charge in [-0.25, -0.2) is 0 Å². The number of aliphatic carboxylic acids is 1. The number of carboxylic acids is 1. The standard InChI is InChI=1S/C8H16.3C3H8O.C2H4O3.Zr/c1-3-5-7-8-6-4-2;3*1-2-3-4;3-1-2(4)5;/h3H,1,4-8H2,2H3;3*4H,2-3H2,1H3;3H,1H2,(H,4,5);/p-1. The molecule has 0 aliphatic heterocycles. The summed E-state index contributed by atoms with van der Waals surface area (Å²) >= 11 is 0. The molecule has 0 spiro atoms. The van der Waals surface area contributed by atoms with Crippen molar-refractivity contribution in [1.29, 1.82) is 0 Å². The molecule has 0 aromatic rings. The number of unbranched alkanes of at least 4 members (excludes halogenated alkanes) is 4. The second-order valence-electron chi connectivity index (χ2n) is 4.84. The molecular formula is C19H43O6Zr-. The smallest absolute Gasteiger partial charge is 0.0826 e. The fourth-order valence-electron chi connectivity index (χ4n) is 0.715. The van der Waals surface area contributed by atoms with E-state index in [1.54, 1.807) is 0 Å². The summed E-state index contributed by atoms with van der Waals surface area (Å²) in [5.74, 6) is -1.44. The largest absolute Gasteiger partial charge is 0.548 e. The summed E-state index contributed by atoms with van der Waals surface area (Å²) in [6, 6.07) is 0. The van der Waals surface area contributed by atoms with Crippen LogP contribution in [0.1, 0.15) is 79.1 Å². The maximum Gasteiger partial charge on any atom is 0.0826 e. The minimum absolute atomic E-state index is 0. The van der Waals surface area contributed by atoms with E-state index in [0.29, 0.717) is 19.8 Å². The van der Waals surface area contributed by atoms with Gasteiger partial charge >= 0.3 is 0 Å². The first-order valence-corrected chi connectivity index (χ1v) is 9.17. The minimum Gasteiger partial charge on any atom is -0.548 e. The molecule has 0 rings (SSSR count). The molecule has 7 heteroatoms. The first-order valence-electron chi connectivity index (χ1n) is 9.17. The van der Waals surface area contributed by atoms with Gasteiger partial charge in [-0.05, 0) is 32.1 Å². The van der Waals surface area contributed by atoms with Gasteiger partial charge in [-0.1, -0.05) is 53.0 Å². The zero-order chi connectivity index (χ0) is 20.8. The van der Waals surface area contributed by atoms with E-state index in [9.17, 15) is 0 Å². The number of aliphatic hydroxyl groups excluding tert-OH is 4. The van der Waals surface area contributed by atoms with Gasteiger partial charge in [0.2, 0.25) is 0 Å². The number of aliphatic hydroxyl groups is 4. The van der Waals surface area contributed by atoms with Crippen LogP contribution in [0.5, 0.6) is 0 Å². The summed E-state index contributed by atoms with van der Waals surface area (Å²) in [4.78, 5) is 9.01. The van der Waals surface area contributed by atoms with Gasteiger partial charge in [-0.15, -0.1) is 6.58 Å². The number of rotatable bonds is 9. The Morgan fingerprint density at radius 3 is 1.27 bits per heavy atom. The number of hydrogen-bond acceptors (Lipinski definition) is 6. The molecular weight excluding hydrogens is 415 g/mol. The van der Waals surface area contributed by atoms with Crippen molar-refractivity contribution in [3.8, 4) is 0 Å². The molecule has 0 aliphatic carbocycles. The molecule has 0 aromatic carbocycles. The van der Waals surface area contributed by atoms with Gasteiger partial charge in [0.15, 0.2) is 0 Å². The van der Waals surface area contributed by atoms with E-state index in [2.05, 4.69) is 13.5 Å². The summed E-state index contributed by atoms with van der Waals surface area (Å²) in [7, 11) is 0. The normalized spacial score (nSPS) is 7.69. The number of allylic oxidation sites excluding steroid dienone is 1. The molecule has 0 aliphatic rings. The fourth-order valence-corrected chi connectivity index (χ4v) is 0.715. The van der Waals surface area contributed by atoms with Gasteiger partial charge in [0.05, 0.1) is 12.6 Å². The Hall–Kier alpha value is -0.0669.